The Morgan fingerprint density at radius 3 is 2.21 bits per heavy atom. The lowest BCUT2D eigenvalue weighted by Crippen LogP contribution is -2.34. The summed E-state index contributed by atoms with van der Waals surface area (Å²) in [6.07, 6.45) is 7.95. The summed E-state index contributed by atoms with van der Waals surface area (Å²) in [4.78, 5) is 2.64. The molecule has 1 aromatic rings. The highest BCUT2D eigenvalue weighted by Crippen LogP contribution is 2.38. The predicted molar refractivity (Wildman–Crippen MR) is 80.1 cm³/mol. The van der Waals surface area contributed by atoms with E-state index in [0.29, 0.717) is 0 Å². The summed E-state index contributed by atoms with van der Waals surface area (Å²) >= 11 is 0. The lowest BCUT2D eigenvalue weighted by atomic mass is 9.83. The van der Waals surface area contributed by atoms with Crippen molar-refractivity contribution < 1.29 is 0 Å². The third kappa shape index (κ3) is 2.06. The minimum Gasteiger partial charge on any atom is -0.371 e. The van der Waals surface area contributed by atoms with E-state index in [2.05, 4.69) is 22.3 Å². The van der Waals surface area contributed by atoms with Gasteiger partial charge < -0.3 is 10.2 Å². The molecule has 1 aromatic carbocycles. The molecular weight excluding hydrogens is 232 g/mol. The third-order valence-corrected chi connectivity index (χ3v) is 5.17. The van der Waals surface area contributed by atoms with Crippen LogP contribution < -0.4 is 10.2 Å². The van der Waals surface area contributed by atoms with Crippen molar-refractivity contribution in [3.8, 4) is 0 Å². The molecule has 3 aliphatic heterocycles. The van der Waals surface area contributed by atoms with Crippen LogP contribution in [0.15, 0.2) is 12.1 Å². The highest BCUT2D eigenvalue weighted by Gasteiger charge is 2.26. The van der Waals surface area contributed by atoms with E-state index < -0.39 is 0 Å². The SMILES string of the molecule is c1c(C2CCNCC2)cc2c3c1CCCN3CCC2. The van der Waals surface area contributed by atoms with Crippen LogP contribution >= 0.6 is 0 Å². The molecule has 0 bridgehead atoms. The Bertz CT molecular complexity index is 443. The van der Waals surface area contributed by atoms with Crippen LogP contribution in [-0.4, -0.2) is 26.2 Å². The maximum atomic E-state index is 3.49. The summed E-state index contributed by atoms with van der Waals surface area (Å²) in [5, 5.41) is 3.49. The van der Waals surface area contributed by atoms with Gasteiger partial charge in [0, 0.05) is 18.8 Å². The van der Waals surface area contributed by atoms with E-state index in [1.165, 1.54) is 64.7 Å². The molecule has 0 aliphatic carbocycles. The van der Waals surface area contributed by atoms with Gasteiger partial charge in [0.05, 0.1) is 0 Å². The molecular formula is C17H24N2. The first-order valence-corrected chi connectivity index (χ1v) is 8.03. The number of aryl methyl sites for hydroxylation is 2. The maximum absolute atomic E-state index is 3.49. The average Bonchev–Trinajstić information content (AvgIpc) is 2.49. The van der Waals surface area contributed by atoms with Crippen LogP contribution in [0.4, 0.5) is 5.69 Å². The maximum Gasteiger partial charge on any atom is 0.0431 e. The molecule has 0 unspecified atom stereocenters. The zero-order chi connectivity index (χ0) is 12.7. The Kier molecular flexibility index (Phi) is 2.99. The van der Waals surface area contributed by atoms with Crippen LogP contribution in [0.5, 0.6) is 0 Å². The van der Waals surface area contributed by atoms with E-state index in [1.54, 1.807) is 22.4 Å². The van der Waals surface area contributed by atoms with Gasteiger partial charge in [-0.15, -0.1) is 0 Å². The quantitative estimate of drug-likeness (QED) is 0.831. The van der Waals surface area contributed by atoms with Gasteiger partial charge in [-0.2, -0.15) is 0 Å². The van der Waals surface area contributed by atoms with Crippen molar-refractivity contribution in [3.05, 3.63) is 28.8 Å². The van der Waals surface area contributed by atoms with Crippen molar-refractivity contribution >= 4 is 5.69 Å². The minimum atomic E-state index is 0.806. The fraction of sp³-hybridized carbons (Fsp3) is 0.647. The number of hydrogen-bond acceptors (Lipinski definition) is 2. The van der Waals surface area contributed by atoms with Crippen molar-refractivity contribution in [2.45, 2.75) is 44.4 Å². The molecule has 0 saturated carbocycles. The van der Waals surface area contributed by atoms with Crippen molar-refractivity contribution in [3.63, 3.8) is 0 Å². The Morgan fingerprint density at radius 2 is 1.58 bits per heavy atom. The van der Waals surface area contributed by atoms with Gasteiger partial charge >= 0.3 is 0 Å². The summed E-state index contributed by atoms with van der Waals surface area (Å²) in [5.41, 5.74) is 6.56. The number of benzene rings is 1. The van der Waals surface area contributed by atoms with Crippen LogP contribution in [-0.2, 0) is 12.8 Å². The van der Waals surface area contributed by atoms with Crippen LogP contribution in [0.25, 0.3) is 0 Å². The first-order chi connectivity index (χ1) is 9.42. The van der Waals surface area contributed by atoms with Crippen molar-refractivity contribution in [2.24, 2.45) is 0 Å². The normalized spacial score (nSPS) is 23.3. The molecule has 1 fully saturated rings. The minimum absolute atomic E-state index is 0.806. The third-order valence-electron chi connectivity index (χ3n) is 5.17. The van der Waals surface area contributed by atoms with Crippen molar-refractivity contribution in [1.29, 1.82) is 0 Å². The summed E-state index contributed by atoms with van der Waals surface area (Å²) in [6, 6.07) is 5.10. The summed E-state index contributed by atoms with van der Waals surface area (Å²) < 4.78 is 0. The number of piperidine rings is 1. The lowest BCUT2D eigenvalue weighted by molar-refractivity contribution is 0.459. The lowest BCUT2D eigenvalue weighted by Gasteiger charge is -2.38. The Hall–Kier alpha value is -1.02. The molecule has 0 amide bonds. The second-order valence-corrected chi connectivity index (χ2v) is 6.41. The smallest absolute Gasteiger partial charge is 0.0431 e. The molecule has 3 aliphatic rings. The molecule has 1 N–H and O–H groups in total. The highest BCUT2D eigenvalue weighted by atomic mass is 15.1. The molecule has 4 rings (SSSR count). The second-order valence-electron chi connectivity index (χ2n) is 6.41. The van der Waals surface area contributed by atoms with Crippen LogP contribution in [0, 0.1) is 0 Å². The van der Waals surface area contributed by atoms with Gasteiger partial charge in [0.25, 0.3) is 0 Å². The molecule has 0 radical (unpaired) electrons. The molecule has 0 atom stereocenters. The summed E-state index contributed by atoms with van der Waals surface area (Å²) in [6.45, 7) is 4.96. The molecule has 19 heavy (non-hydrogen) atoms. The fourth-order valence-electron chi connectivity index (χ4n) is 4.22. The monoisotopic (exact) mass is 256 g/mol. The van der Waals surface area contributed by atoms with E-state index in [1.807, 2.05) is 0 Å². The second kappa shape index (κ2) is 4.82. The van der Waals surface area contributed by atoms with E-state index in [-0.39, 0.29) is 0 Å². The molecule has 1 saturated heterocycles. The zero-order valence-electron chi connectivity index (χ0n) is 11.8. The number of anilines is 1. The summed E-state index contributed by atoms with van der Waals surface area (Å²) in [7, 11) is 0. The van der Waals surface area contributed by atoms with E-state index in [9.17, 15) is 0 Å². The fourth-order valence-corrected chi connectivity index (χ4v) is 4.22. The Labute approximate surface area is 116 Å². The largest absolute Gasteiger partial charge is 0.371 e. The number of nitrogens with zero attached hydrogens (tertiary/aromatic N) is 1. The zero-order valence-corrected chi connectivity index (χ0v) is 11.8. The van der Waals surface area contributed by atoms with Gasteiger partial charge in [0.1, 0.15) is 0 Å². The average molecular weight is 256 g/mol. The molecule has 3 heterocycles. The van der Waals surface area contributed by atoms with Gasteiger partial charge in [-0.05, 0) is 74.2 Å². The van der Waals surface area contributed by atoms with Gasteiger partial charge in [0.15, 0.2) is 0 Å². The van der Waals surface area contributed by atoms with Gasteiger partial charge in [0.2, 0.25) is 0 Å². The van der Waals surface area contributed by atoms with Crippen LogP contribution in [0.1, 0.15) is 48.3 Å². The van der Waals surface area contributed by atoms with E-state index in [4.69, 9.17) is 0 Å². The topological polar surface area (TPSA) is 15.3 Å². The van der Waals surface area contributed by atoms with Gasteiger partial charge in [-0.1, -0.05) is 12.1 Å². The van der Waals surface area contributed by atoms with Crippen LogP contribution in [0.2, 0.25) is 0 Å². The van der Waals surface area contributed by atoms with Crippen LogP contribution in [0.3, 0.4) is 0 Å². The van der Waals surface area contributed by atoms with Crippen molar-refractivity contribution in [1.82, 2.24) is 5.32 Å². The standard InChI is InChI=1S/C17H24N2/c1-3-14-11-16(13-5-7-18-8-6-13)12-15-4-2-10-19(9-1)17(14)15/h11-13,18H,1-10H2. The first-order valence-electron chi connectivity index (χ1n) is 8.03. The predicted octanol–water partition coefficient (Wildman–Crippen LogP) is 2.85. The molecule has 102 valence electrons. The van der Waals surface area contributed by atoms with E-state index in [0.717, 1.165) is 5.92 Å². The Balaban J connectivity index is 1.74. The molecule has 0 aromatic heterocycles. The van der Waals surface area contributed by atoms with Crippen molar-refractivity contribution in [2.75, 3.05) is 31.1 Å². The Morgan fingerprint density at radius 1 is 0.947 bits per heavy atom. The molecule has 0 spiro atoms. The molecule has 2 heteroatoms. The molecule has 2 nitrogen and oxygen atoms in total. The van der Waals surface area contributed by atoms with Gasteiger partial charge in [-0.25, -0.2) is 0 Å². The van der Waals surface area contributed by atoms with Gasteiger partial charge in [-0.3, -0.25) is 0 Å². The number of hydrogen-bond donors (Lipinski definition) is 1. The first kappa shape index (κ1) is 11.8. The highest BCUT2D eigenvalue weighted by molar-refractivity contribution is 5.64. The van der Waals surface area contributed by atoms with E-state index >= 15 is 0 Å². The number of rotatable bonds is 1. The summed E-state index contributed by atoms with van der Waals surface area (Å²) in [5.74, 6) is 0.806. The number of nitrogens with one attached hydrogen (secondary N) is 1.